The fraction of sp³-hybridized carbons (Fsp3) is 0.138. The van der Waals surface area contributed by atoms with E-state index in [2.05, 4.69) is 160 Å². The lowest BCUT2D eigenvalue weighted by Gasteiger charge is -2.21. The molecule has 0 aliphatic rings. The first-order chi connectivity index (χ1) is 31.0. The summed E-state index contributed by atoms with van der Waals surface area (Å²) in [7, 11) is 0. The molecule has 0 atom stereocenters. The third-order valence-electron chi connectivity index (χ3n) is 12.6. The lowest BCUT2D eigenvalue weighted by Crippen LogP contribution is -2.10. The van der Waals surface area contributed by atoms with Crippen molar-refractivity contribution in [3.8, 4) is 56.7 Å². The van der Waals surface area contributed by atoms with Gasteiger partial charge in [0.15, 0.2) is 17.5 Å². The van der Waals surface area contributed by atoms with Gasteiger partial charge in [-0.15, -0.1) is 0 Å². The highest BCUT2D eigenvalue weighted by atomic mass is 15.0. The van der Waals surface area contributed by atoms with E-state index in [0.29, 0.717) is 17.5 Å². The molecule has 0 aliphatic carbocycles. The highest BCUT2D eigenvalue weighted by Crippen LogP contribution is 2.43. The van der Waals surface area contributed by atoms with Crippen LogP contribution in [0, 0.1) is 0 Å². The Morgan fingerprint density at radius 3 is 1.30 bits per heavy atom. The van der Waals surface area contributed by atoms with Gasteiger partial charge in [-0.2, -0.15) is 0 Å². The second-order valence-electron chi connectivity index (χ2n) is 18.8. The van der Waals surface area contributed by atoms with E-state index in [9.17, 15) is 0 Å². The quantitative estimate of drug-likeness (QED) is 0.167. The van der Waals surface area contributed by atoms with Gasteiger partial charge in [0.25, 0.3) is 0 Å². The van der Waals surface area contributed by atoms with E-state index in [1.54, 1.807) is 0 Å². The molecule has 4 heterocycles. The molecule has 11 aromatic rings. The Bertz CT molecular complexity index is 3510. The van der Waals surface area contributed by atoms with Gasteiger partial charge in [-0.25, -0.2) is 15.0 Å². The van der Waals surface area contributed by atoms with Crippen molar-refractivity contribution in [2.24, 2.45) is 0 Å². The number of pyridine rings is 1. The Labute approximate surface area is 373 Å². The monoisotopic (exact) mass is 828 g/mol. The Kier molecular flexibility index (Phi) is 9.17. The Morgan fingerprint density at radius 2 is 0.797 bits per heavy atom. The smallest absolute Gasteiger partial charge is 0.164 e. The van der Waals surface area contributed by atoms with E-state index in [4.69, 9.17) is 19.9 Å². The fourth-order valence-corrected chi connectivity index (χ4v) is 9.21. The van der Waals surface area contributed by atoms with Gasteiger partial charge in [0.2, 0.25) is 0 Å². The number of aromatic nitrogens is 6. The Hall–Kier alpha value is -7.70. The summed E-state index contributed by atoms with van der Waals surface area (Å²) in [5, 5.41) is 4.87. The SMILES string of the molecule is CC(C)(C)c1ccc2c(c1)c1ccccc1n2-c1ccncc1-c1cc(-c2nc(-c3ccccc3)nc(-c3ccccc3)n2)ccc1-n1c2ccccc2c2cc(C(C)(C)C)ccc21. The molecule has 310 valence electrons. The molecular weight excluding hydrogens is 781 g/mol. The fourth-order valence-electron chi connectivity index (χ4n) is 9.21. The molecule has 6 heteroatoms. The molecule has 0 radical (unpaired) electrons. The first-order valence-electron chi connectivity index (χ1n) is 22.1. The number of rotatable bonds is 6. The standard InChI is InChI=1S/C58H48N6/c1-57(2,3)40-26-29-51-45(34-40)42-21-13-15-23-48(42)63(51)50-28-25-39(56-61-54(37-17-9-7-10-18-37)60-55(62-56)38-19-11-8-12-20-38)33-44(50)47-36-59-32-31-53(47)64-49-24-16-14-22-43(49)46-35-41(58(4,5)6)27-30-52(46)64/h7-36H,1-6H3. The lowest BCUT2D eigenvalue weighted by atomic mass is 9.86. The van der Waals surface area contributed by atoms with Gasteiger partial charge in [0.05, 0.1) is 33.4 Å². The van der Waals surface area contributed by atoms with Crippen LogP contribution in [0.25, 0.3) is 100 Å². The highest BCUT2D eigenvalue weighted by molar-refractivity contribution is 6.12. The van der Waals surface area contributed by atoms with Crippen molar-refractivity contribution in [2.75, 3.05) is 0 Å². The normalized spacial score (nSPS) is 12.2. The summed E-state index contributed by atoms with van der Waals surface area (Å²) in [6, 6.07) is 60.5. The molecule has 64 heavy (non-hydrogen) atoms. The van der Waals surface area contributed by atoms with Crippen LogP contribution in [0.5, 0.6) is 0 Å². The van der Waals surface area contributed by atoms with Crippen molar-refractivity contribution < 1.29 is 0 Å². The average molecular weight is 829 g/mol. The number of fused-ring (bicyclic) bond motifs is 6. The molecule has 0 unspecified atom stereocenters. The molecule has 6 nitrogen and oxygen atoms in total. The molecule has 0 N–H and O–H groups in total. The maximum Gasteiger partial charge on any atom is 0.164 e. The topological polar surface area (TPSA) is 61.4 Å². The van der Waals surface area contributed by atoms with Gasteiger partial charge >= 0.3 is 0 Å². The Morgan fingerprint density at radius 1 is 0.359 bits per heavy atom. The number of hydrogen-bond donors (Lipinski definition) is 0. The van der Waals surface area contributed by atoms with Crippen molar-refractivity contribution in [2.45, 2.75) is 52.4 Å². The molecule has 0 saturated heterocycles. The van der Waals surface area contributed by atoms with E-state index >= 15 is 0 Å². The maximum absolute atomic E-state index is 5.19. The molecule has 0 bridgehead atoms. The summed E-state index contributed by atoms with van der Waals surface area (Å²) in [6.07, 6.45) is 3.93. The first kappa shape index (κ1) is 39.2. The summed E-state index contributed by atoms with van der Waals surface area (Å²) in [5.74, 6) is 1.83. The van der Waals surface area contributed by atoms with Gasteiger partial charge in [-0.3, -0.25) is 4.98 Å². The predicted molar refractivity (Wildman–Crippen MR) is 265 cm³/mol. The molecule has 0 amide bonds. The minimum Gasteiger partial charge on any atom is -0.309 e. The zero-order valence-electron chi connectivity index (χ0n) is 37.0. The summed E-state index contributed by atoms with van der Waals surface area (Å²) < 4.78 is 4.84. The van der Waals surface area contributed by atoms with Crippen LogP contribution in [-0.4, -0.2) is 29.1 Å². The number of hydrogen-bond acceptors (Lipinski definition) is 4. The maximum atomic E-state index is 5.19. The number of nitrogens with zero attached hydrogens (tertiary/aromatic N) is 6. The van der Waals surface area contributed by atoms with Crippen molar-refractivity contribution in [1.29, 1.82) is 0 Å². The van der Waals surface area contributed by atoms with Crippen LogP contribution >= 0.6 is 0 Å². The van der Waals surface area contributed by atoms with Crippen molar-refractivity contribution in [3.63, 3.8) is 0 Å². The van der Waals surface area contributed by atoms with Crippen molar-refractivity contribution >= 4 is 43.6 Å². The van der Waals surface area contributed by atoms with E-state index in [1.165, 1.54) is 32.7 Å². The molecule has 4 aromatic heterocycles. The van der Waals surface area contributed by atoms with Gasteiger partial charge in [0.1, 0.15) is 0 Å². The molecule has 7 aromatic carbocycles. The van der Waals surface area contributed by atoms with Gasteiger partial charge < -0.3 is 9.13 Å². The van der Waals surface area contributed by atoms with Crippen LogP contribution in [0.1, 0.15) is 52.7 Å². The number of para-hydroxylation sites is 2. The minimum atomic E-state index is -0.00742. The van der Waals surface area contributed by atoms with Crippen molar-refractivity contribution in [3.05, 3.63) is 193 Å². The highest BCUT2D eigenvalue weighted by Gasteiger charge is 2.24. The van der Waals surface area contributed by atoms with Crippen LogP contribution in [0.4, 0.5) is 0 Å². The van der Waals surface area contributed by atoms with Gasteiger partial charge in [-0.05, 0) is 82.6 Å². The van der Waals surface area contributed by atoms with Crippen molar-refractivity contribution in [1.82, 2.24) is 29.1 Å². The third-order valence-corrected chi connectivity index (χ3v) is 12.6. The van der Waals surface area contributed by atoms with Crippen LogP contribution in [0.15, 0.2) is 182 Å². The van der Waals surface area contributed by atoms with E-state index in [1.807, 2.05) is 73.1 Å². The minimum absolute atomic E-state index is 0.000298. The summed E-state index contributed by atoms with van der Waals surface area (Å²) in [4.78, 5) is 20.3. The van der Waals surface area contributed by atoms with Crippen LogP contribution in [0.2, 0.25) is 0 Å². The van der Waals surface area contributed by atoms with E-state index in [-0.39, 0.29) is 10.8 Å². The van der Waals surface area contributed by atoms with Gasteiger partial charge in [-0.1, -0.05) is 151 Å². The van der Waals surface area contributed by atoms with E-state index < -0.39 is 0 Å². The Balaban J connectivity index is 1.22. The second kappa shape index (κ2) is 15.0. The van der Waals surface area contributed by atoms with E-state index in [0.717, 1.165) is 61.3 Å². The molecule has 0 saturated carbocycles. The molecule has 0 spiro atoms. The largest absolute Gasteiger partial charge is 0.309 e. The zero-order valence-corrected chi connectivity index (χ0v) is 37.0. The second-order valence-corrected chi connectivity index (χ2v) is 18.8. The number of benzene rings is 7. The zero-order chi connectivity index (χ0) is 43.7. The van der Waals surface area contributed by atoms with Crippen LogP contribution in [-0.2, 0) is 10.8 Å². The average Bonchev–Trinajstić information content (AvgIpc) is 3.83. The summed E-state index contributed by atoms with van der Waals surface area (Å²) >= 11 is 0. The lowest BCUT2D eigenvalue weighted by molar-refractivity contribution is 0.591. The van der Waals surface area contributed by atoms with Crippen LogP contribution < -0.4 is 0 Å². The van der Waals surface area contributed by atoms with Gasteiger partial charge in [0, 0.05) is 61.8 Å². The third kappa shape index (κ3) is 6.65. The molecule has 0 aliphatic heterocycles. The molecule has 11 rings (SSSR count). The first-order valence-corrected chi connectivity index (χ1v) is 22.1. The summed E-state index contributed by atoms with van der Waals surface area (Å²) in [6.45, 7) is 13.7. The summed E-state index contributed by atoms with van der Waals surface area (Å²) in [5.41, 5.74) is 13.9. The van der Waals surface area contributed by atoms with Crippen LogP contribution in [0.3, 0.4) is 0 Å². The molecular formula is C58H48N6. The predicted octanol–water partition coefficient (Wildman–Crippen LogP) is 14.7. The molecule has 0 fully saturated rings.